The first kappa shape index (κ1) is 15.3. The quantitative estimate of drug-likeness (QED) is 0.900. The number of hydrogen-bond donors (Lipinski definition) is 1. The van der Waals surface area contributed by atoms with Crippen molar-refractivity contribution >= 4 is 5.91 Å². The van der Waals surface area contributed by atoms with Crippen molar-refractivity contribution in [3.8, 4) is 0 Å². The van der Waals surface area contributed by atoms with Crippen LogP contribution in [0.3, 0.4) is 0 Å². The molecule has 0 aliphatic carbocycles. The van der Waals surface area contributed by atoms with Crippen LogP contribution < -0.4 is 5.73 Å². The molecule has 4 rings (SSSR count). The van der Waals surface area contributed by atoms with Crippen molar-refractivity contribution in [2.24, 2.45) is 5.73 Å². The molecular formula is C16H20N4O4. The van der Waals surface area contributed by atoms with Gasteiger partial charge in [-0.3, -0.25) is 4.79 Å². The molecule has 24 heavy (non-hydrogen) atoms. The maximum atomic E-state index is 12.5. The first-order chi connectivity index (χ1) is 11.7. The van der Waals surface area contributed by atoms with Crippen molar-refractivity contribution in [1.29, 1.82) is 0 Å². The van der Waals surface area contributed by atoms with Gasteiger partial charge in [0.2, 0.25) is 5.89 Å². The van der Waals surface area contributed by atoms with E-state index in [1.54, 1.807) is 4.90 Å². The Morgan fingerprint density at radius 3 is 2.92 bits per heavy atom. The molecule has 0 saturated carbocycles. The number of oxazole rings is 2. The molecule has 2 aliphatic rings. The molecule has 128 valence electrons. The van der Waals surface area contributed by atoms with E-state index in [2.05, 4.69) is 9.97 Å². The standard InChI is InChI=1S/C16H20N4O4/c17-7-14-18-12(9-23-14)16(21)20-4-1-13-11(8-20)19-15(24-13)10-2-5-22-6-3-10/h9-10H,1-8,17H2. The lowest BCUT2D eigenvalue weighted by atomic mass is 10.0. The van der Waals surface area contributed by atoms with Gasteiger partial charge >= 0.3 is 0 Å². The molecule has 2 aromatic heterocycles. The molecular weight excluding hydrogens is 312 g/mol. The van der Waals surface area contributed by atoms with Gasteiger partial charge < -0.3 is 24.2 Å². The SMILES string of the molecule is NCc1nc(C(=O)N2CCc3oc(C4CCOCC4)nc3C2)co1. The van der Waals surface area contributed by atoms with Crippen molar-refractivity contribution in [1.82, 2.24) is 14.9 Å². The van der Waals surface area contributed by atoms with E-state index < -0.39 is 0 Å². The first-order valence-electron chi connectivity index (χ1n) is 8.24. The van der Waals surface area contributed by atoms with Gasteiger partial charge in [-0.05, 0) is 12.8 Å². The minimum Gasteiger partial charge on any atom is -0.447 e. The number of carbonyl (C=O) groups excluding carboxylic acids is 1. The topological polar surface area (TPSA) is 108 Å². The molecule has 0 aromatic carbocycles. The number of fused-ring (bicyclic) bond motifs is 1. The zero-order valence-electron chi connectivity index (χ0n) is 13.4. The Bertz CT molecular complexity index is 732. The van der Waals surface area contributed by atoms with E-state index in [1.807, 2.05) is 0 Å². The Morgan fingerprint density at radius 1 is 1.33 bits per heavy atom. The van der Waals surface area contributed by atoms with E-state index in [9.17, 15) is 4.79 Å². The average Bonchev–Trinajstić information content (AvgIpc) is 3.28. The molecule has 2 aliphatic heterocycles. The van der Waals surface area contributed by atoms with Crippen LogP contribution in [0.15, 0.2) is 15.1 Å². The van der Waals surface area contributed by atoms with E-state index in [0.717, 1.165) is 43.4 Å². The fraction of sp³-hybridized carbons (Fsp3) is 0.562. The summed E-state index contributed by atoms with van der Waals surface area (Å²) in [5.74, 6) is 2.18. The highest BCUT2D eigenvalue weighted by molar-refractivity contribution is 5.92. The number of hydrogen-bond acceptors (Lipinski definition) is 7. The predicted molar refractivity (Wildman–Crippen MR) is 82.1 cm³/mol. The van der Waals surface area contributed by atoms with E-state index >= 15 is 0 Å². The van der Waals surface area contributed by atoms with E-state index in [0.29, 0.717) is 31.3 Å². The largest absolute Gasteiger partial charge is 0.447 e. The number of ether oxygens (including phenoxy) is 1. The van der Waals surface area contributed by atoms with Crippen LogP contribution in [0.4, 0.5) is 0 Å². The molecule has 1 amide bonds. The number of nitrogens with two attached hydrogens (primary N) is 1. The normalized spacial score (nSPS) is 18.6. The third-order valence-corrected chi connectivity index (χ3v) is 4.55. The molecule has 0 spiro atoms. The Kier molecular flexibility index (Phi) is 4.07. The van der Waals surface area contributed by atoms with Crippen molar-refractivity contribution in [2.45, 2.75) is 38.3 Å². The third-order valence-electron chi connectivity index (χ3n) is 4.55. The second-order valence-corrected chi connectivity index (χ2v) is 6.12. The summed E-state index contributed by atoms with van der Waals surface area (Å²) in [4.78, 5) is 23.0. The molecule has 4 heterocycles. The maximum Gasteiger partial charge on any atom is 0.276 e. The number of nitrogens with zero attached hydrogens (tertiary/aromatic N) is 3. The van der Waals surface area contributed by atoms with E-state index in [1.165, 1.54) is 6.26 Å². The van der Waals surface area contributed by atoms with E-state index in [4.69, 9.17) is 19.3 Å². The van der Waals surface area contributed by atoms with Crippen LogP contribution in [0.5, 0.6) is 0 Å². The molecule has 0 radical (unpaired) electrons. The summed E-state index contributed by atoms with van der Waals surface area (Å²) >= 11 is 0. The maximum absolute atomic E-state index is 12.5. The molecule has 0 unspecified atom stereocenters. The average molecular weight is 332 g/mol. The van der Waals surface area contributed by atoms with Crippen LogP contribution in [0.1, 0.15) is 52.5 Å². The molecule has 2 aromatic rings. The summed E-state index contributed by atoms with van der Waals surface area (Å²) in [6, 6.07) is 0. The summed E-state index contributed by atoms with van der Waals surface area (Å²) in [5, 5.41) is 0. The van der Waals surface area contributed by atoms with Crippen molar-refractivity contribution < 1.29 is 18.4 Å². The molecule has 1 fully saturated rings. The summed E-state index contributed by atoms with van der Waals surface area (Å²) < 4.78 is 16.5. The minimum absolute atomic E-state index is 0.167. The van der Waals surface area contributed by atoms with Crippen molar-refractivity contribution in [3.05, 3.63) is 35.2 Å². The fourth-order valence-corrected chi connectivity index (χ4v) is 3.18. The Balaban J connectivity index is 1.48. The van der Waals surface area contributed by atoms with Gasteiger partial charge in [0, 0.05) is 32.1 Å². The van der Waals surface area contributed by atoms with Gasteiger partial charge in [0.1, 0.15) is 17.7 Å². The lowest BCUT2D eigenvalue weighted by Crippen LogP contribution is -2.36. The number of carbonyl (C=O) groups is 1. The van der Waals surface area contributed by atoms with Gasteiger partial charge in [0.25, 0.3) is 5.91 Å². The van der Waals surface area contributed by atoms with Crippen LogP contribution in [0, 0.1) is 0 Å². The Labute approximate surface area is 139 Å². The molecule has 0 atom stereocenters. The number of aromatic nitrogens is 2. The molecule has 2 N–H and O–H groups in total. The second-order valence-electron chi connectivity index (χ2n) is 6.12. The molecule has 8 nitrogen and oxygen atoms in total. The van der Waals surface area contributed by atoms with Crippen molar-refractivity contribution in [2.75, 3.05) is 19.8 Å². The Morgan fingerprint density at radius 2 is 2.17 bits per heavy atom. The molecule has 8 heteroatoms. The first-order valence-corrected chi connectivity index (χ1v) is 8.24. The number of amides is 1. The summed E-state index contributed by atoms with van der Waals surface area (Å²) in [7, 11) is 0. The summed E-state index contributed by atoms with van der Waals surface area (Å²) in [5.41, 5.74) is 6.60. The highest BCUT2D eigenvalue weighted by Gasteiger charge is 2.30. The highest BCUT2D eigenvalue weighted by atomic mass is 16.5. The van der Waals surface area contributed by atoms with Gasteiger partial charge in [-0.1, -0.05) is 0 Å². The third kappa shape index (κ3) is 2.83. The van der Waals surface area contributed by atoms with Gasteiger partial charge in [0.05, 0.1) is 13.1 Å². The van der Waals surface area contributed by atoms with Gasteiger partial charge in [-0.2, -0.15) is 0 Å². The highest BCUT2D eigenvalue weighted by Crippen LogP contribution is 2.30. The number of rotatable bonds is 3. The fourth-order valence-electron chi connectivity index (χ4n) is 3.18. The molecule has 0 bridgehead atoms. The monoisotopic (exact) mass is 332 g/mol. The lowest BCUT2D eigenvalue weighted by molar-refractivity contribution is 0.0720. The van der Waals surface area contributed by atoms with Crippen LogP contribution in [0.25, 0.3) is 0 Å². The Hall–Kier alpha value is -2.19. The summed E-state index contributed by atoms with van der Waals surface area (Å²) in [6.45, 7) is 2.69. The van der Waals surface area contributed by atoms with Crippen LogP contribution in [0.2, 0.25) is 0 Å². The zero-order chi connectivity index (χ0) is 16.5. The smallest absolute Gasteiger partial charge is 0.276 e. The second kappa shape index (κ2) is 6.37. The van der Waals surface area contributed by atoms with Crippen LogP contribution in [-0.4, -0.2) is 40.5 Å². The van der Waals surface area contributed by atoms with Crippen LogP contribution >= 0.6 is 0 Å². The lowest BCUT2D eigenvalue weighted by Gasteiger charge is -2.24. The summed E-state index contributed by atoms with van der Waals surface area (Å²) in [6.07, 6.45) is 3.89. The van der Waals surface area contributed by atoms with E-state index in [-0.39, 0.29) is 18.1 Å². The van der Waals surface area contributed by atoms with Gasteiger partial charge in [-0.15, -0.1) is 0 Å². The molecule has 1 saturated heterocycles. The minimum atomic E-state index is -0.167. The van der Waals surface area contributed by atoms with Gasteiger partial charge in [-0.25, -0.2) is 9.97 Å². The zero-order valence-corrected chi connectivity index (χ0v) is 13.4. The van der Waals surface area contributed by atoms with Crippen molar-refractivity contribution in [3.63, 3.8) is 0 Å². The van der Waals surface area contributed by atoms with Gasteiger partial charge in [0.15, 0.2) is 11.6 Å². The predicted octanol–water partition coefficient (Wildman–Crippen LogP) is 1.21. The van der Waals surface area contributed by atoms with Crippen LogP contribution in [-0.2, 0) is 24.2 Å².